The molecule has 0 spiro atoms. The molecule has 0 aliphatic heterocycles. The zero-order valence-electron chi connectivity index (χ0n) is 12.5. The van der Waals surface area contributed by atoms with E-state index in [1.54, 1.807) is 4.68 Å². The second-order valence-corrected chi connectivity index (χ2v) is 6.35. The van der Waals surface area contributed by atoms with Crippen molar-refractivity contribution in [1.29, 1.82) is 0 Å². The lowest BCUT2D eigenvalue weighted by Gasteiger charge is -2.35. The molecule has 0 saturated heterocycles. The van der Waals surface area contributed by atoms with Crippen LogP contribution >= 0.6 is 15.9 Å². The Morgan fingerprint density at radius 2 is 2.05 bits per heavy atom. The van der Waals surface area contributed by atoms with Gasteiger partial charge >= 0.3 is 0 Å². The van der Waals surface area contributed by atoms with Crippen molar-refractivity contribution in [3.8, 4) is 0 Å². The number of hydrogen-bond acceptors (Lipinski definition) is 3. The van der Waals surface area contributed by atoms with Crippen LogP contribution in [-0.4, -0.2) is 27.8 Å². The molecule has 0 amide bonds. The minimum absolute atomic E-state index is 0.197. The summed E-state index contributed by atoms with van der Waals surface area (Å²) < 4.78 is 8.63. The molecule has 0 radical (unpaired) electrons. The number of carbonyl (C=O) groups excluding carboxylic acids is 1. The van der Waals surface area contributed by atoms with Crippen molar-refractivity contribution in [2.75, 3.05) is 6.61 Å². The van der Waals surface area contributed by atoms with Crippen LogP contribution in [0.2, 0.25) is 0 Å². The van der Waals surface area contributed by atoms with E-state index in [-0.39, 0.29) is 5.78 Å². The first-order chi connectivity index (χ1) is 9.50. The summed E-state index contributed by atoms with van der Waals surface area (Å²) in [4.78, 5) is 12.8. The first-order valence-electron chi connectivity index (χ1n) is 7.35. The van der Waals surface area contributed by atoms with Crippen LogP contribution in [0, 0.1) is 6.92 Å². The Morgan fingerprint density at radius 3 is 2.55 bits per heavy atom. The average molecular weight is 343 g/mol. The van der Waals surface area contributed by atoms with E-state index in [9.17, 15) is 4.79 Å². The highest BCUT2D eigenvalue weighted by atomic mass is 79.9. The topological polar surface area (TPSA) is 44.1 Å². The molecule has 4 nitrogen and oxygen atoms in total. The summed E-state index contributed by atoms with van der Waals surface area (Å²) in [6.07, 6.45) is 5.46. The fraction of sp³-hybridized carbons (Fsp3) is 0.733. The second kappa shape index (κ2) is 6.39. The van der Waals surface area contributed by atoms with E-state index in [2.05, 4.69) is 21.0 Å². The summed E-state index contributed by atoms with van der Waals surface area (Å²) in [5.74, 6) is 0.197. The molecule has 2 rings (SSSR count). The van der Waals surface area contributed by atoms with Gasteiger partial charge in [-0.25, -0.2) is 0 Å². The number of carbonyl (C=O) groups is 1. The summed E-state index contributed by atoms with van der Waals surface area (Å²) in [6.45, 7) is 4.50. The Labute approximate surface area is 129 Å². The smallest absolute Gasteiger partial charge is 0.170 e. The van der Waals surface area contributed by atoms with Crippen molar-refractivity contribution in [3.63, 3.8) is 0 Å². The van der Waals surface area contributed by atoms with Crippen LogP contribution in [-0.2, 0) is 23.0 Å². The maximum Gasteiger partial charge on any atom is 0.170 e. The van der Waals surface area contributed by atoms with Crippen LogP contribution < -0.4 is 0 Å². The predicted molar refractivity (Wildman–Crippen MR) is 81.8 cm³/mol. The minimum Gasteiger partial charge on any atom is -0.367 e. The van der Waals surface area contributed by atoms with Crippen molar-refractivity contribution >= 4 is 21.7 Å². The normalized spacial score (nSPS) is 18.2. The highest BCUT2D eigenvalue weighted by molar-refractivity contribution is 9.10. The first-order valence-corrected chi connectivity index (χ1v) is 8.14. The van der Waals surface area contributed by atoms with Crippen molar-refractivity contribution < 1.29 is 9.53 Å². The molecule has 0 bridgehead atoms. The molecular weight excluding hydrogens is 320 g/mol. The van der Waals surface area contributed by atoms with E-state index in [0.29, 0.717) is 13.0 Å². The van der Waals surface area contributed by atoms with E-state index in [4.69, 9.17) is 4.74 Å². The molecule has 1 aliphatic carbocycles. The Hall–Kier alpha value is -0.680. The van der Waals surface area contributed by atoms with Gasteiger partial charge in [0.2, 0.25) is 0 Å². The lowest BCUT2D eigenvalue weighted by Crippen LogP contribution is -2.44. The first kappa shape index (κ1) is 15.7. The number of hydrogen-bond donors (Lipinski definition) is 0. The number of halogens is 1. The Morgan fingerprint density at radius 1 is 1.40 bits per heavy atom. The molecule has 1 aromatic heterocycles. The quantitative estimate of drug-likeness (QED) is 0.824. The van der Waals surface area contributed by atoms with E-state index in [0.717, 1.165) is 41.5 Å². The van der Waals surface area contributed by atoms with Crippen LogP contribution in [0.25, 0.3) is 0 Å². The van der Waals surface area contributed by atoms with Gasteiger partial charge in [0.1, 0.15) is 5.60 Å². The zero-order valence-corrected chi connectivity index (χ0v) is 14.1. The SMILES string of the molecule is CCOC1(C(=O)Cc2c(Br)c(C)nn2C)CCCCC1. The number of aromatic nitrogens is 2. The van der Waals surface area contributed by atoms with Gasteiger partial charge in [0.15, 0.2) is 5.78 Å². The van der Waals surface area contributed by atoms with Crippen LogP contribution in [0.1, 0.15) is 50.4 Å². The van der Waals surface area contributed by atoms with Crippen LogP contribution in [0.15, 0.2) is 4.47 Å². The molecule has 0 aromatic carbocycles. The van der Waals surface area contributed by atoms with E-state index in [1.807, 2.05) is 20.9 Å². The van der Waals surface area contributed by atoms with Crippen molar-refractivity contribution in [2.24, 2.45) is 7.05 Å². The standard InChI is InChI=1S/C15H23BrN2O2/c1-4-20-15(8-6-5-7-9-15)13(19)10-12-14(16)11(2)17-18(12)3/h4-10H2,1-3H3. The molecule has 1 aliphatic rings. The number of ether oxygens (including phenoxy) is 1. The van der Waals surface area contributed by atoms with Crippen LogP contribution in [0.4, 0.5) is 0 Å². The van der Waals surface area contributed by atoms with E-state index in [1.165, 1.54) is 6.42 Å². The summed E-state index contributed by atoms with van der Waals surface area (Å²) in [7, 11) is 1.88. The molecule has 1 fully saturated rings. The van der Waals surface area contributed by atoms with Crippen LogP contribution in [0.5, 0.6) is 0 Å². The van der Waals surface area contributed by atoms with Crippen molar-refractivity contribution in [1.82, 2.24) is 9.78 Å². The summed E-state index contributed by atoms with van der Waals surface area (Å²) in [6, 6.07) is 0. The Kier molecular flexibility index (Phi) is 5.02. The van der Waals surface area contributed by atoms with E-state index < -0.39 is 5.60 Å². The molecule has 1 heterocycles. The molecule has 0 N–H and O–H groups in total. The molecule has 0 unspecified atom stereocenters. The number of ketones is 1. The maximum atomic E-state index is 12.8. The maximum absolute atomic E-state index is 12.8. The van der Waals surface area contributed by atoms with Gasteiger partial charge in [-0.3, -0.25) is 9.48 Å². The number of Topliss-reactive ketones (excluding diaryl/α,β-unsaturated/α-hetero) is 1. The van der Waals surface area contributed by atoms with Gasteiger partial charge in [-0.2, -0.15) is 5.10 Å². The highest BCUT2D eigenvalue weighted by Gasteiger charge is 2.40. The van der Waals surface area contributed by atoms with Gasteiger partial charge in [-0.1, -0.05) is 19.3 Å². The molecular formula is C15H23BrN2O2. The summed E-state index contributed by atoms with van der Waals surface area (Å²) in [5, 5.41) is 4.35. The molecule has 1 saturated carbocycles. The predicted octanol–water partition coefficient (Wildman–Crippen LogP) is 3.34. The van der Waals surface area contributed by atoms with Gasteiger partial charge in [-0.15, -0.1) is 0 Å². The lowest BCUT2D eigenvalue weighted by molar-refractivity contribution is -0.148. The third-order valence-corrected chi connectivity index (χ3v) is 5.21. The molecule has 1 aromatic rings. The molecule has 20 heavy (non-hydrogen) atoms. The third kappa shape index (κ3) is 2.98. The van der Waals surface area contributed by atoms with Gasteiger partial charge in [0.05, 0.1) is 22.3 Å². The molecule has 0 atom stereocenters. The Bertz CT molecular complexity index is 485. The van der Waals surface area contributed by atoms with Crippen LogP contribution in [0.3, 0.4) is 0 Å². The minimum atomic E-state index is -0.565. The van der Waals surface area contributed by atoms with Gasteiger partial charge in [0.25, 0.3) is 0 Å². The molecule has 112 valence electrons. The van der Waals surface area contributed by atoms with Gasteiger partial charge in [-0.05, 0) is 42.6 Å². The summed E-state index contributed by atoms with van der Waals surface area (Å²) in [5.41, 5.74) is 1.30. The van der Waals surface area contributed by atoms with Gasteiger partial charge in [0, 0.05) is 13.7 Å². The molecule has 5 heteroatoms. The van der Waals surface area contributed by atoms with E-state index >= 15 is 0 Å². The third-order valence-electron chi connectivity index (χ3n) is 4.18. The summed E-state index contributed by atoms with van der Waals surface area (Å²) >= 11 is 3.53. The van der Waals surface area contributed by atoms with Crippen molar-refractivity contribution in [2.45, 2.75) is 58.0 Å². The highest BCUT2D eigenvalue weighted by Crippen LogP contribution is 2.34. The largest absolute Gasteiger partial charge is 0.367 e. The second-order valence-electron chi connectivity index (χ2n) is 5.56. The number of aryl methyl sites for hydroxylation is 2. The fourth-order valence-electron chi connectivity index (χ4n) is 3.09. The monoisotopic (exact) mass is 342 g/mol. The lowest BCUT2D eigenvalue weighted by atomic mass is 9.80. The number of rotatable bonds is 5. The fourth-order valence-corrected chi connectivity index (χ4v) is 3.56. The average Bonchev–Trinajstić information content (AvgIpc) is 2.67. The van der Waals surface area contributed by atoms with Gasteiger partial charge < -0.3 is 4.74 Å². The zero-order chi connectivity index (χ0) is 14.8. The Balaban J connectivity index is 2.20. The number of nitrogens with zero attached hydrogens (tertiary/aromatic N) is 2. The van der Waals surface area contributed by atoms with Crippen molar-refractivity contribution in [3.05, 3.63) is 15.9 Å².